The summed E-state index contributed by atoms with van der Waals surface area (Å²) >= 11 is 0. The molecule has 1 aromatic carbocycles. The number of hydrogen-bond acceptors (Lipinski definition) is 3. The Morgan fingerprint density at radius 1 is 1.22 bits per heavy atom. The topological polar surface area (TPSA) is 59.4 Å². The van der Waals surface area contributed by atoms with Crippen LogP contribution in [0.1, 0.15) is 11.1 Å². The Kier molecular flexibility index (Phi) is 3.57. The third kappa shape index (κ3) is 3.31. The lowest BCUT2D eigenvalue weighted by Gasteiger charge is -2.05. The van der Waals surface area contributed by atoms with Gasteiger partial charge < -0.3 is 9.84 Å². The highest BCUT2D eigenvalue weighted by molar-refractivity contribution is 5.70. The number of carbonyl (C=O) groups is 1. The Morgan fingerprint density at radius 2 is 1.94 bits per heavy atom. The molecule has 0 fully saturated rings. The Bertz CT molecular complexity index is 532. The first-order valence-electron chi connectivity index (χ1n) is 5.55. The van der Waals surface area contributed by atoms with Gasteiger partial charge in [-0.25, -0.2) is 4.98 Å². The number of carboxylic acid groups (broad SMARTS) is 1. The van der Waals surface area contributed by atoms with Crippen LogP contribution in [0.3, 0.4) is 0 Å². The average molecular weight is 243 g/mol. The number of ether oxygens (including phenoxy) is 1. The minimum atomic E-state index is -0.844. The van der Waals surface area contributed by atoms with E-state index < -0.39 is 5.97 Å². The van der Waals surface area contributed by atoms with E-state index in [2.05, 4.69) is 4.98 Å². The summed E-state index contributed by atoms with van der Waals surface area (Å²) in [5, 5.41) is 8.66. The Balaban J connectivity index is 2.06. The zero-order chi connectivity index (χ0) is 13.0. The molecule has 1 heterocycles. The molecule has 4 heteroatoms. The number of rotatable bonds is 4. The van der Waals surface area contributed by atoms with Crippen LogP contribution in [0.25, 0.3) is 0 Å². The van der Waals surface area contributed by atoms with E-state index in [0.717, 1.165) is 11.1 Å². The van der Waals surface area contributed by atoms with Crippen LogP contribution >= 0.6 is 0 Å². The minimum absolute atomic E-state index is 0.0169. The first-order valence-corrected chi connectivity index (χ1v) is 5.55. The highest BCUT2D eigenvalue weighted by atomic mass is 16.5. The van der Waals surface area contributed by atoms with Crippen molar-refractivity contribution in [3.8, 4) is 11.6 Å². The highest BCUT2D eigenvalue weighted by Crippen LogP contribution is 2.19. The second-order valence-electron chi connectivity index (χ2n) is 3.99. The molecule has 18 heavy (non-hydrogen) atoms. The van der Waals surface area contributed by atoms with Crippen LogP contribution in [0.2, 0.25) is 0 Å². The standard InChI is InChI=1S/C14H13NO3/c1-10-2-7-13(15-9-10)18-12-5-3-11(4-6-12)8-14(16)17/h2-7,9H,8H2,1H3,(H,16,17). The summed E-state index contributed by atoms with van der Waals surface area (Å²) in [5.41, 5.74) is 1.81. The molecule has 0 bridgehead atoms. The lowest BCUT2D eigenvalue weighted by atomic mass is 10.1. The molecule has 0 saturated carbocycles. The number of carboxylic acids is 1. The van der Waals surface area contributed by atoms with Gasteiger partial charge in [-0.15, -0.1) is 0 Å². The maximum absolute atomic E-state index is 10.5. The smallest absolute Gasteiger partial charge is 0.307 e. The van der Waals surface area contributed by atoms with Gasteiger partial charge in [0.15, 0.2) is 0 Å². The number of aryl methyl sites for hydroxylation is 1. The monoisotopic (exact) mass is 243 g/mol. The fourth-order valence-corrected chi connectivity index (χ4v) is 1.49. The molecule has 1 aromatic heterocycles. The SMILES string of the molecule is Cc1ccc(Oc2ccc(CC(=O)O)cc2)nc1. The van der Waals surface area contributed by atoms with Gasteiger partial charge in [0, 0.05) is 12.3 Å². The van der Waals surface area contributed by atoms with Gasteiger partial charge in [0.25, 0.3) is 0 Å². The highest BCUT2D eigenvalue weighted by Gasteiger charge is 2.02. The molecule has 0 radical (unpaired) electrons. The summed E-state index contributed by atoms with van der Waals surface area (Å²) in [6, 6.07) is 10.6. The van der Waals surface area contributed by atoms with Crippen molar-refractivity contribution >= 4 is 5.97 Å². The lowest BCUT2D eigenvalue weighted by molar-refractivity contribution is -0.136. The average Bonchev–Trinajstić information content (AvgIpc) is 2.34. The number of pyridine rings is 1. The fourth-order valence-electron chi connectivity index (χ4n) is 1.49. The molecule has 92 valence electrons. The van der Waals surface area contributed by atoms with Gasteiger partial charge in [0.2, 0.25) is 5.88 Å². The van der Waals surface area contributed by atoms with Crippen molar-refractivity contribution in [1.82, 2.24) is 4.98 Å². The summed E-state index contributed by atoms with van der Waals surface area (Å²) in [6.45, 7) is 1.96. The predicted octanol–water partition coefficient (Wildman–Crippen LogP) is 2.81. The minimum Gasteiger partial charge on any atom is -0.481 e. The molecule has 0 aliphatic heterocycles. The van der Waals surface area contributed by atoms with Gasteiger partial charge in [-0.3, -0.25) is 4.79 Å². The molecule has 0 aliphatic carbocycles. The van der Waals surface area contributed by atoms with Gasteiger partial charge in [-0.2, -0.15) is 0 Å². The number of benzene rings is 1. The fraction of sp³-hybridized carbons (Fsp3) is 0.143. The summed E-state index contributed by atoms with van der Waals surface area (Å²) < 4.78 is 5.53. The van der Waals surface area contributed by atoms with Gasteiger partial charge in [0.05, 0.1) is 6.42 Å². The Morgan fingerprint density at radius 3 is 2.50 bits per heavy atom. The first kappa shape index (κ1) is 12.1. The summed E-state index contributed by atoms with van der Waals surface area (Å²) in [6.07, 6.45) is 1.75. The molecular formula is C14H13NO3. The molecule has 0 amide bonds. The number of hydrogen-bond donors (Lipinski definition) is 1. The molecule has 0 atom stereocenters. The van der Waals surface area contributed by atoms with Crippen molar-refractivity contribution in [2.24, 2.45) is 0 Å². The van der Waals surface area contributed by atoms with Crippen LogP contribution < -0.4 is 4.74 Å². The molecule has 2 rings (SSSR count). The van der Waals surface area contributed by atoms with Crippen molar-refractivity contribution in [2.75, 3.05) is 0 Å². The zero-order valence-electron chi connectivity index (χ0n) is 9.96. The van der Waals surface area contributed by atoms with E-state index in [9.17, 15) is 4.79 Å². The predicted molar refractivity (Wildman–Crippen MR) is 66.8 cm³/mol. The Labute approximate surface area is 105 Å². The maximum Gasteiger partial charge on any atom is 0.307 e. The van der Waals surface area contributed by atoms with Crippen LogP contribution in [0.4, 0.5) is 0 Å². The third-order valence-corrected chi connectivity index (χ3v) is 2.39. The molecule has 0 aliphatic rings. The largest absolute Gasteiger partial charge is 0.481 e. The lowest BCUT2D eigenvalue weighted by Crippen LogP contribution is -1.99. The van der Waals surface area contributed by atoms with E-state index in [4.69, 9.17) is 9.84 Å². The van der Waals surface area contributed by atoms with E-state index in [1.807, 2.05) is 13.0 Å². The molecule has 4 nitrogen and oxygen atoms in total. The number of aliphatic carboxylic acids is 1. The number of nitrogens with zero attached hydrogens (tertiary/aromatic N) is 1. The van der Waals surface area contributed by atoms with Crippen molar-refractivity contribution in [2.45, 2.75) is 13.3 Å². The normalized spacial score (nSPS) is 10.1. The summed E-state index contributed by atoms with van der Waals surface area (Å²) in [5.74, 6) is 0.316. The van der Waals surface area contributed by atoms with Crippen LogP contribution in [0.5, 0.6) is 11.6 Å². The summed E-state index contributed by atoms with van der Waals surface area (Å²) in [4.78, 5) is 14.7. The molecule has 0 saturated heterocycles. The number of aromatic nitrogens is 1. The van der Waals surface area contributed by atoms with Gasteiger partial charge >= 0.3 is 5.97 Å². The molecular weight excluding hydrogens is 230 g/mol. The van der Waals surface area contributed by atoms with E-state index in [1.54, 1.807) is 36.5 Å². The van der Waals surface area contributed by atoms with Crippen LogP contribution in [-0.2, 0) is 11.2 Å². The van der Waals surface area contributed by atoms with Crippen molar-refractivity contribution in [3.63, 3.8) is 0 Å². The van der Waals surface area contributed by atoms with E-state index >= 15 is 0 Å². The van der Waals surface area contributed by atoms with E-state index in [0.29, 0.717) is 11.6 Å². The maximum atomic E-state index is 10.5. The van der Waals surface area contributed by atoms with Crippen LogP contribution in [0.15, 0.2) is 42.6 Å². The van der Waals surface area contributed by atoms with Crippen molar-refractivity contribution < 1.29 is 14.6 Å². The van der Waals surface area contributed by atoms with Crippen molar-refractivity contribution in [1.29, 1.82) is 0 Å². The van der Waals surface area contributed by atoms with E-state index in [1.165, 1.54) is 0 Å². The molecule has 2 aromatic rings. The molecule has 1 N–H and O–H groups in total. The Hall–Kier alpha value is -2.36. The third-order valence-electron chi connectivity index (χ3n) is 2.39. The summed E-state index contributed by atoms with van der Waals surface area (Å²) in [7, 11) is 0. The van der Waals surface area contributed by atoms with E-state index in [-0.39, 0.29) is 6.42 Å². The van der Waals surface area contributed by atoms with Gasteiger partial charge in [-0.1, -0.05) is 18.2 Å². The second kappa shape index (κ2) is 5.31. The molecule has 0 unspecified atom stereocenters. The first-order chi connectivity index (χ1) is 8.63. The molecule has 0 spiro atoms. The zero-order valence-corrected chi connectivity index (χ0v) is 9.96. The van der Waals surface area contributed by atoms with Crippen molar-refractivity contribution in [3.05, 3.63) is 53.7 Å². The van der Waals surface area contributed by atoms with Crippen LogP contribution in [0, 0.1) is 6.92 Å². The second-order valence-corrected chi connectivity index (χ2v) is 3.99. The van der Waals surface area contributed by atoms with Gasteiger partial charge in [-0.05, 0) is 30.2 Å². The van der Waals surface area contributed by atoms with Crippen LogP contribution in [-0.4, -0.2) is 16.1 Å². The quantitative estimate of drug-likeness (QED) is 0.897. The van der Waals surface area contributed by atoms with Gasteiger partial charge in [0.1, 0.15) is 5.75 Å².